The fraction of sp³-hybridized carbons (Fsp3) is 0.615. The van der Waals surface area contributed by atoms with Crippen molar-refractivity contribution in [3.63, 3.8) is 0 Å². The molecule has 1 aromatic rings. The maximum absolute atomic E-state index is 5.88. The maximum atomic E-state index is 5.88. The van der Waals surface area contributed by atoms with Crippen LogP contribution in [0.5, 0.6) is 0 Å². The number of halogens is 1. The van der Waals surface area contributed by atoms with E-state index < -0.39 is 0 Å². The number of aromatic nitrogens is 1. The smallest absolute Gasteiger partial charge is 0.129 e. The average molecular weight is 239 g/mol. The summed E-state index contributed by atoms with van der Waals surface area (Å²) in [6, 6.07) is 3.98. The van der Waals surface area contributed by atoms with E-state index in [4.69, 9.17) is 11.6 Å². The molecule has 0 bridgehead atoms. The molecule has 0 amide bonds. The van der Waals surface area contributed by atoms with Crippen LogP contribution in [-0.4, -0.2) is 18.1 Å². The first-order chi connectivity index (χ1) is 7.56. The molecule has 88 valence electrons. The van der Waals surface area contributed by atoms with E-state index in [1.54, 1.807) is 0 Å². The van der Waals surface area contributed by atoms with Gasteiger partial charge in [0.2, 0.25) is 0 Å². The van der Waals surface area contributed by atoms with Gasteiger partial charge in [-0.1, -0.05) is 25.4 Å². The highest BCUT2D eigenvalue weighted by molar-refractivity contribution is 6.29. The Bertz CT molecular complexity index is 368. The lowest BCUT2D eigenvalue weighted by Gasteiger charge is -2.37. The molecule has 0 radical (unpaired) electrons. The Morgan fingerprint density at radius 3 is 2.44 bits per heavy atom. The standard InChI is InChI=1S/C13H19ClN2/c1-9-6-10(2)8-16(7-9)12-4-5-13(14)15-11(12)3/h4-5,9-10H,6-8H2,1-3H3. The summed E-state index contributed by atoms with van der Waals surface area (Å²) >= 11 is 5.88. The first-order valence-electron chi connectivity index (χ1n) is 5.94. The summed E-state index contributed by atoms with van der Waals surface area (Å²) in [5.41, 5.74) is 2.27. The molecule has 0 aliphatic carbocycles. The minimum Gasteiger partial charge on any atom is -0.370 e. The third-order valence-electron chi connectivity index (χ3n) is 3.23. The number of piperidine rings is 1. The minimum absolute atomic E-state index is 0.583. The Labute approximate surface area is 103 Å². The fourth-order valence-corrected chi connectivity index (χ4v) is 2.91. The molecule has 1 fully saturated rings. The molecule has 2 nitrogen and oxygen atoms in total. The van der Waals surface area contributed by atoms with E-state index >= 15 is 0 Å². The predicted octanol–water partition coefficient (Wildman–Crippen LogP) is 3.53. The monoisotopic (exact) mass is 238 g/mol. The number of pyridine rings is 1. The number of anilines is 1. The van der Waals surface area contributed by atoms with Gasteiger partial charge in [0.25, 0.3) is 0 Å². The second kappa shape index (κ2) is 4.62. The Balaban J connectivity index is 2.23. The molecule has 0 saturated carbocycles. The second-order valence-corrected chi connectivity index (χ2v) is 5.48. The van der Waals surface area contributed by atoms with Crippen LogP contribution >= 0.6 is 11.6 Å². The normalized spacial score (nSPS) is 25.9. The number of hydrogen-bond donors (Lipinski definition) is 0. The highest BCUT2D eigenvalue weighted by Crippen LogP contribution is 2.28. The highest BCUT2D eigenvalue weighted by Gasteiger charge is 2.23. The van der Waals surface area contributed by atoms with Crippen LogP contribution in [0.25, 0.3) is 0 Å². The van der Waals surface area contributed by atoms with Crippen LogP contribution in [0.4, 0.5) is 5.69 Å². The van der Waals surface area contributed by atoms with E-state index in [1.165, 1.54) is 12.1 Å². The molecule has 0 N–H and O–H groups in total. The van der Waals surface area contributed by atoms with Gasteiger partial charge in [-0.2, -0.15) is 0 Å². The second-order valence-electron chi connectivity index (χ2n) is 5.09. The van der Waals surface area contributed by atoms with E-state index in [1.807, 2.05) is 13.0 Å². The Hall–Kier alpha value is -0.760. The largest absolute Gasteiger partial charge is 0.370 e. The van der Waals surface area contributed by atoms with Gasteiger partial charge in [0.15, 0.2) is 0 Å². The lowest BCUT2D eigenvalue weighted by molar-refractivity contribution is 0.356. The first-order valence-corrected chi connectivity index (χ1v) is 6.32. The Kier molecular flexibility index (Phi) is 3.38. The van der Waals surface area contributed by atoms with E-state index in [0.717, 1.165) is 30.6 Å². The molecule has 0 spiro atoms. The van der Waals surface area contributed by atoms with E-state index in [9.17, 15) is 0 Å². The number of hydrogen-bond acceptors (Lipinski definition) is 2. The van der Waals surface area contributed by atoms with Crippen LogP contribution in [0, 0.1) is 18.8 Å². The van der Waals surface area contributed by atoms with Crippen LogP contribution < -0.4 is 4.90 Å². The zero-order valence-electron chi connectivity index (χ0n) is 10.2. The van der Waals surface area contributed by atoms with Gasteiger partial charge < -0.3 is 4.90 Å². The summed E-state index contributed by atoms with van der Waals surface area (Å²) in [4.78, 5) is 6.76. The first kappa shape index (κ1) is 11.7. The molecule has 3 heteroatoms. The molecule has 1 aliphatic heterocycles. The van der Waals surface area contributed by atoms with Gasteiger partial charge >= 0.3 is 0 Å². The van der Waals surface area contributed by atoms with Crippen molar-refractivity contribution in [1.82, 2.24) is 4.98 Å². The quantitative estimate of drug-likeness (QED) is 0.696. The van der Waals surface area contributed by atoms with Crippen LogP contribution in [-0.2, 0) is 0 Å². The summed E-state index contributed by atoms with van der Waals surface area (Å²) < 4.78 is 0. The van der Waals surface area contributed by atoms with Gasteiger partial charge in [0.05, 0.1) is 11.4 Å². The van der Waals surface area contributed by atoms with Gasteiger partial charge in [-0.25, -0.2) is 4.98 Å². The highest BCUT2D eigenvalue weighted by atomic mass is 35.5. The third kappa shape index (κ3) is 2.49. The van der Waals surface area contributed by atoms with Crippen molar-refractivity contribution < 1.29 is 0 Å². The molecule has 1 aliphatic rings. The van der Waals surface area contributed by atoms with Crippen molar-refractivity contribution in [3.8, 4) is 0 Å². The van der Waals surface area contributed by atoms with Crippen LogP contribution in [0.2, 0.25) is 5.15 Å². The van der Waals surface area contributed by atoms with Gasteiger partial charge in [-0.3, -0.25) is 0 Å². The molecule has 16 heavy (non-hydrogen) atoms. The zero-order chi connectivity index (χ0) is 11.7. The van der Waals surface area contributed by atoms with E-state index in [2.05, 4.69) is 29.8 Å². The minimum atomic E-state index is 0.583. The third-order valence-corrected chi connectivity index (χ3v) is 3.44. The van der Waals surface area contributed by atoms with E-state index in [-0.39, 0.29) is 0 Å². The molecule has 2 unspecified atom stereocenters. The molecule has 1 saturated heterocycles. The molecular formula is C13H19ClN2. The molecule has 2 rings (SSSR count). The van der Waals surface area contributed by atoms with Crippen molar-refractivity contribution in [3.05, 3.63) is 23.0 Å². The molecule has 1 aromatic heterocycles. The van der Waals surface area contributed by atoms with Crippen molar-refractivity contribution in [1.29, 1.82) is 0 Å². The molecule has 2 atom stereocenters. The topological polar surface area (TPSA) is 16.1 Å². The van der Waals surface area contributed by atoms with Crippen molar-refractivity contribution >= 4 is 17.3 Å². The van der Waals surface area contributed by atoms with Gasteiger partial charge in [0, 0.05) is 13.1 Å². The van der Waals surface area contributed by atoms with E-state index in [0.29, 0.717) is 5.15 Å². The summed E-state index contributed by atoms with van der Waals surface area (Å²) in [5, 5.41) is 0.583. The summed E-state index contributed by atoms with van der Waals surface area (Å²) in [6.45, 7) is 8.94. The van der Waals surface area contributed by atoms with Gasteiger partial charge in [-0.15, -0.1) is 0 Å². The van der Waals surface area contributed by atoms with Crippen molar-refractivity contribution in [2.24, 2.45) is 11.8 Å². The number of aryl methyl sites for hydroxylation is 1. The predicted molar refractivity (Wildman–Crippen MR) is 69.1 cm³/mol. The SMILES string of the molecule is Cc1nc(Cl)ccc1N1CC(C)CC(C)C1. The van der Waals surface area contributed by atoms with Crippen molar-refractivity contribution in [2.75, 3.05) is 18.0 Å². The van der Waals surface area contributed by atoms with Gasteiger partial charge in [0.1, 0.15) is 5.15 Å². The van der Waals surface area contributed by atoms with Gasteiger partial charge in [-0.05, 0) is 37.3 Å². The maximum Gasteiger partial charge on any atom is 0.129 e. The lowest BCUT2D eigenvalue weighted by atomic mass is 9.91. The number of rotatable bonds is 1. The molecular weight excluding hydrogens is 220 g/mol. The van der Waals surface area contributed by atoms with Crippen LogP contribution in [0.15, 0.2) is 12.1 Å². The van der Waals surface area contributed by atoms with Crippen LogP contribution in [0.3, 0.4) is 0 Å². The average Bonchev–Trinajstić information content (AvgIpc) is 2.15. The summed E-state index contributed by atoms with van der Waals surface area (Å²) in [5.74, 6) is 1.53. The molecule has 2 heterocycles. The van der Waals surface area contributed by atoms with Crippen LogP contribution in [0.1, 0.15) is 26.0 Å². The summed E-state index contributed by atoms with van der Waals surface area (Å²) in [7, 11) is 0. The fourth-order valence-electron chi connectivity index (χ4n) is 2.72. The molecule has 0 aromatic carbocycles. The van der Waals surface area contributed by atoms with Crippen molar-refractivity contribution in [2.45, 2.75) is 27.2 Å². The number of nitrogens with zero attached hydrogens (tertiary/aromatic N) is 2. The zero-order valence-corrected chi connectivity index (χ0v) is 11.0. The summed E-state index contributed by atoms with van der Waals surface area (Å²) in [6.07, 6.45) is 1.33. The lowest BCUT2D eigenvalue weighted by Crippen LogP contribution is -2.39. The Morgan fingerprint density at radius 1 is 1.25 bits per heavy atom. The Morgan fingerprint density at radius 2 is 1.88 bits per heavy atom.